The molecule has 0 saturated heterocycles. The zero-order chi connectivity index (χ0) is 17.7. The lowest BCUT2D eigenvalue weighted by atomic mass is 10.0. The van der Waals surface area contributed by atoms with Crippen LogP contribution >= 0.6 is 11.3 Å². The molecule has 2 rings (SSSR count). The summed E-state index contributed by atoms with van der Waals surface area (Å²) in [5.41, 5.74) is 6.81. The maximum absolute atomic E-state index is 12.2. The highest BCUT2D eigenvalue weighted by Gasteiger charge is 2.17. The summed E-state index contributed by atoms with van der Waals surface area (Å²) in [6, 6.07) is 7.69. The Morgan fingerprint density at radius 2 is 2.08 bits per heavy atom. The van der Waals surface area contributed by atoms with Crippen molar-refractivity contribution >= 4 is 28.3 Å². The molecule has 7 heteroatoms. The lowest BCUT2D eigenvalue weighted by molar-refractivity contribution is -0.122. The molecule has 2 aromatic rings. The Bertz CT molecular complexity index is 727. The molecule has 0 aliphatic carbocycles. The topological polar surface area (TPSA) is 94.3 Å². The fourth-order valence-electron chi connectivity index (χ4n) is 2.04. The van der Waals surface area contributed by atoms with E-state index < -0.39 is 12.0 Å². The van der Waals surface area contributed by atoms with Gasteiger partial charge in [0.1, 0.15) is 5.75 Å². The molecule has 0 saturated carbocycles. The van der Waals surface area contributed by atoms with Gasteiger partial charge in [0.2, 0.25) is 5.91 Å². The van der Waals surface area contributed by atoms with Gasteiger partial charge in [-0.25, -0.2) is 4.98 Å². The van der Waals surface area contributed by atoms with Crippen LogP contribution in [0.25, 0.3) is 0 Å². The number of hydrogen-bond donors (Lipinski definition) is 2. The van der Waals surface area contributed by atoms with Crippen molar-refractivity contribution in [2.75, 3.05) is 5.32 Å². The Labute approximate surface area is 145 Å². The first-order chi connectivity index (χ1) is 11.3. The number of ether oxygens (including phenoxy) is 1. The molecule has 2 amide bonds. The number of nitrogens with zero attached hydrogens (tertiary/aromatic N) is 1. The van der Waals surface area contributed by atoms with Crippen LogP contribution in [0.15, 0.2) is 29.6 Å². The maximum atomic E-state index is 12.2. The highest BCUT2D eigenvalue weighted by molar-refractivity contribution is 7.13. The summed E-state index contributed by atoms with van der Waals surface area (Å²) < 4.78 is 5.70. The number of thiazole rings is 1. The predicted octanol–water partition coefficient (Wildman–Crippen LogP) is 2.70. The zero-order valence-corrected chi connectivity index (χ0v) is 14.7. The summed E-state index contributed by atoms with van der Waals surface area (Å²) in [4.78, 5) is 27.2. The Morgan fingerprint density at radius 1 is 1.33 bits per heavy atom. The predicted molar refractivity (Wildman–Crippen MR) is 94.3 cm³/mol. The van der Waals surface area contributed by atoms with E-state index in [2.05, 4.69) is 24.1 Å². The summed E-state index contributed by atoms with van der Waals surface area (Å²) in [7, 11) is 0. The van der Waals surface area contributed by atoms with Gasteiger partial charge in [-0.3, -0.25) is 14.9 Å². The minimum absolute atomic E-state index is 0.0560. The lowest BCUT2D eigenvalue weighted by Gasteiger charge is -2.15. The summed E-state index contributed by atoms with van der Waals surface area (Å²) >= 11 is 1.24. The van der Waals surface area contributed by atoms with Crippen molar-refractivity contribution in [3.8, 4) is 5.75 Å². The normalized spacial score (nSPS) is 12.0. The van der Waals surface area contributed by atoms with Gasteiger partial charge in [0.25, 0.3) is 5.91 Å². The third-order valence-corrected chi connectivity index (χ3v) is 4.15. The molecular formula is C17H21N3O3S. The van der Waals surface area contributed by atoms with Crippen molar-refractivity contribution in [3.05, 3.63) is 40.9 Å². The molecule has 1 atom stereocenters. The first-order valence-electron chi connectivity index (χ1n) is 7.65. The largest absolute Gasteiger partial charge is 0.481 e. The van der Waals surface area contributed by atoms with Gasteiger partial charge in [0.15, 0.2) is 11.2 Å². The number of aromatic nitrogens is 1. The Kier molecular flexibility index (Phi) is 5.92. The number of nitrogens with two attached hydrogens (primary N) is 1. The number of carbonyl (C=O) groups excluding carboxylic acids is 2. The molecule has 3 N–H and O–H groups in total. The van der Waals surface area contributed by atoms with Crippen molar-refractivity contribution in [1.29, 1.82) is 0 Å². The highest BCUT2D eigenvalue weighted by atomic mass is 32.1. The van der Waals surface area contributed by atoms with E-state index >= 15 is 0 Å². The Balaban J connectivity index is 1.95. The first kappa shape index (κ1) is 17.9. The fraction of sp³-hybridized carbons (Fsp3) is 0.353. The van der Waals surface area contributed by atoms with Crippen molar-refractivity contribution in [2.45, 2.75) is 39.2 Å². The number of anilines is 1. The van der Waals surface area contributed by atoms with E-state index in [0.29, 0.717) is 22.5 Å². The van der Waals surface area contributed by atoms with Crippen molar-refractivity contribution in [2.24, 2.45) is 5.73 Å². The number of rotatable bonds is 7. The second-order valence-electron chi connectivity index (χ2n) is 5.76. The molecule has 0 spiro atoms. The number of nitrogens with one attached hydrogen (secondary N) is 1. The van der Waals surface area contributed by atoms with Crippen LogP contribution in [0.3, 0.4) is 0 Å². The van der Waals surface area contributed by atoms with Crippen LogP contribution in [0.4, 0.5) is 5.13 Å². The van der Waals surface area contributed by atoms with Crippen LogP contribution in [0.1, 0.15) is 37.9 Å². The summed E-state index contributed by atoms with van der Waals surface area (Å²) in [6.07, 6.45) is -0.614. The molecule has 0 aliphatic heterocycles. The average Bonchev–Trinajstić information content (AvgIpc) is 2.93. The fourth-order valence-corrected chi connectivity index (χ4v) is 2.75. The third-order valence-electron chi connectivity index (χ3n) is 3.34. The standard InChI is InChI=1S/C17H21N3O3S/c1-10(2)12-5-4-6-14(7-12)23-11(3)16(22)20-17-19-13(9-24-17)8-15(18)21/h4-7,9-11H,8H2,1-3H3,(H2,18,21)(H,19,20,22). The molecule has 1 unspecified atom stereocenters. The molecule has 24 heavy (non-hydrogen) atoms. The van der Waals surface area contributed by atoms with Gasteiger partial charge >= 0.3 is 0 Å². The highest BCUT2D eigenvalue weighted by Crippen LogP contribution is 2.21. The molecule has 0 radical (unpaired) electrons. The van der Waals surface area contributed by atoms with Gasteiger partial charge < -0.3 is 10.5 Å². The molecule has 0 fully saturated rings. The molecular weight excluding hydrogens is 326 g/mol. The zero-order valence-electron chi connectivity index (χ0n) is 13.9. The van der Waals surface area contributed by atoms with Crippen LogP contribution in [0.5, 0.6) is 5.75 Å². The van der Waals surface area contributed by atoms with Crippen LogP contribution < -0.4 is 15.8 Å². The first-order valence-corrected chi connectivity index (χ1v) is 8.53. The minimum atomic E-state index is -0.670. The van der Waals surface area contributed by atoms with Crippen molar-refractivity contribution in [3.63, 3.8) is 0 Å². The van der Waals surface area contributed by atoms with Crippen molar-refractivity contribution < 1.29 is 14.3 Å². The Hall–Kier alpha value is -2.41. The van der Waals surface area contributed by atoms with Crippen LogP contribution in [0.2, 0.25) is 0 Å². The average molecular weight is 347 g/mol. The van der Waals surface area contributed by atoms with E-state index in [1.165, 1.54) is 11.3 Å². The van der Waals surface area contributed by atoms with Crippen LogP contribution in [-0.2, 0) is 16.0 Å². The number of benzene rings is 1. The van der Waals surface area contributed by atoms with Gasteiger partial charge in [0, 0.05) is 5.38 Å². The minimum Gasteiger partial charge on any atom is -0.481 e. The molecule has 6 nitrogen and oxygen atoms in total. The smallest absolute Gasteiger partial charge is 0.266 e. The second kappa shape index (κ2) is 7.92. The van der Waals surface area contributed by atoms with E-state index in [0.717, 1.165) is 5.56 Å². The summed E-state index contributed by atoms with van der Waals surface area (Å²) in [5.74, 6) is 0.277. The van der Waals surface area contributed by atoms with E-state index in [1.807, 2.05) is 24.3 Å². The second-order valence-corrected chi connectivity index (χ2v) is 6.62. The van der Waals surface area contributed by atoms with E-state index in [-0.39, 0.29) is 12.3 Å². The molecule has 0 aliphatic rings. The molecule has 128 valence electrons. The Morgan fingerprint density at radius 3 is 2.75 bits per heavy atom. The van der Waals surface area contributed by atoms with Crippen LogP contribution in [-0.4, -0.2) is 22.9 Å². The summed E-state index contributed by atoms with van der Waals surface area (Å²) in [6.45, 7) is 5.87. The molecule has 1 aromatic heterocycles. The number of amides is 2. The van der Waals surface area contributed by atoms with Crippen molar-refractivity contribution in [1.82, 2.24) is 4.98 Å². The molecule has 1 aromatic carbocycles. The third kappa shape index (κ3) is 5.06. The van der Waals surface area contributed by atoms with Gasteiger partial charge in [0.05, 0.1) is 12.1 Å². The lowest BCUT2D eigenvalue weighted by Crippen LogP contribution is -2.30. The van der Waals surface area contributed by atoms with E-state index in [1.54, 1.807) is 12.3 Å². The maximum Gasteiger partial charge on any atom is 0.266 e. The quantitative estimate of drug-likeness (QED) is 0.805. The monoisotopic (exact) mass is 347 g/mol. The van der Waals surface area contributed by atoms with Gasteiger partial charge in [-0.2, -0.15) is 0 Å². The van der Waals surface area contributed by atoms with Gasteiger partial charge in [-0.05, 0) is 30.5 Å². The number of carbonyl (C=O) groups is 2. The van der Waals surface area contributed by atoms with Gasteiger partial charge in [-0.15, -0.1) is 11.3 Å². The number of primary amides is 1. The number of hydrogen-bond acceptors (Lipinski definition) is 5. The van der Waals surface area contributed by atoms with E-state index in [9.17, 15) is 9.59 Å². The van der Waals surface area contributed by atoms with Crippen LogP contribution in [0, 0.1) is 0 Å². The van der Waals surface area contributed by atoms with E-state index in [4.69, 9.17) is 10.5 Å². The summed E-state index contributed by atoms with van der Waals surface area (Å²) in [5, 5.41) is 4.80. The molecule has 0 bridgehead atoms. The van der Waals surface area contributed by atoms with Gasteiger partial charge in [-0.1, -0.05) is 26.0 Å². The molecule has 1 heterocycles. The SMILES string of the molecule is CC(Oc1cccc(C(C)C)c1)C(=O)Nc1nc(CC(N)=O)cs1.